The maximum absolute atomic E-state index is 12.5. The first kappa shape index (κ1) is 37.1. The second-order valence-electron chi connectivity index (χ2n) is 9.98. The van der Waals surface area contributed by atoms with Gasteiger partial charge in [0.05, 0.1) is 62.5 Å². The third kappa shape index (κ3) is 13.9. The van der Waals surface area contributed by atoms with Crippen LogP contribution in [0.15, 0.2) is 93.0 Å². The lowest BCUT2D eigenvalue weighted by Crippen LogP contribution is -2.28. The summed E-state index contributed by atoms with van der Waals surface area (Å²) < 4.78 is 46.2. The quantitative estimate of drug-likeness (QED) is 0.0464. The molecule has 0 saturated carbocycles. The lowest BCUT2D eigenvalue weighted by molar-refractivity contribution is 0.0166. The van der Waals surface area contributed by atoms with Gasteiger partial charge < -0.3 is 24.4 Å². The molecule has 0 spiro atoms. The van der Waals surface area contributed by atoms with Crippen LogP contribution in [0.2, 0.25) is 0 Å². The number of rotatable bonds is 22. The molecule has 0 fully saturated rings. The molecule has 3 rings (SSSR count). The Hall–Kier alpha value is -4.37. The van der Waals surface area contributed by atoms with E-state index in [2.05, 4.69) is 25.6 Å². The SMILES string of the molecule is CCN(CCOS(=O)(=O)c1ccc(C)cc1)c1ccc(N=Nc2ccc(C(=O)NCCOCCOCCOCCN=[N+]=[N-])cc2)cc1. The number of nitrogens with zero attached hydrogens (tertiary/aromatic N) is 6. The van der Waals surface area contributed by atoms with Gasteiger partial charge in [0.15, 0.2) is 0 Å². The fourth-order valence-corrected chi connectivity index (χ4v) is 4.96. The minimum absolute atomic E-state index is 0.0177. The van der Waals surface area contributed by atoms with Crippen LogP contribution >= 0.6 is 0 Å². The van der Waals surface area contributed by atoms with E-state index in [0.29, 0.717) is 82.8 Å². The first-order chi connectivity index (χ1) is 22.8. The van der Waals surface area contributed by atoms with Gasteiger partial charge in [0, 0.05) is 42.3 Å². The minimum atomic E-state index is -3.82. The minimum Gasteiger partial charge on any atom is -0.379 e. The zero-order valence-corrected chi connectivity index (χ0v) is 27.5. The summed E-state index contributed by atoms with van der Waals surface area (Å²) in [5.74, 6) is -0.222. The van der Waals surface area contributed by atoms with Crippen molar-refractivity contribution in [3.63, 3.8) is 0 Å². The molecular weight excluding hydrogens is 626 g/mol. The van der Waals surface area contributed by atoms with Crippen molar-refractivity contribution in [2.75, 3.05) is 77.3 Å². The van der Waals surface area contributed by atoms with E-state index in [0.717, 1.165) is 11.3 Å². The van der Waals surface area contributed by atoms with Crippen molar-refractivity contribution in [2.45, 2.75) is 18.7 Å². The summed E-state index contributed by atoms with van der Waals surface area (Å²) in [4.78, 5) is 17.2. The van der Waals surface area contributed by atoms with Gasteiger partial charge in [-0.2, -0.15) is 18.6 Å². The number of aryl methyl sites for hydroxylation is 1. The highest BCUT2D eigenvalue weighted by Crippen LogP contribution is 2.23. The molecule has 0 aliphatic rings. The Morgan fingerprint density at radius 1 is 0.809 bits per heavy atom. The summed E-state index contributed by atoms with van der Waals surface area (Å²) in [6, 6.07) is 20.8. The van der Waals surface area contributed by atoms with Gasteiger partial charge in [-0.3, -0.25) is 8.98 Å². The highest BCUT2D eigenvalue weighted by Gasteiger charge is 2.15. The second-order valence-corrected chi connectivity index (χ2v) is 11.6. The van der Waals surface area contributed by atoms with Crippen molar-refractivity contribution in [2.24, 2.45) is 15.3 Å². The molecule has 1 amide bonds. The summed E-state index contributed by atoms with van der Waals surface area (Å²) in [6.45, 7) is 7.93. The molecule has 0 atom stereocenters. The Labute approximate surface area is 275 Å². The highest BCUT2D eigenvalue weighted by molar-refractivity contribution is 7.86. The molecule has 0 heterocycles. The van der Waals surface area contributed by atoms with E-state index >= 15 is 0 Å². The third-order valence-corrected chi connectivity index (χ3v) is 7.92. The van der Waals surface area contributed by atoms with Gasteiger partial charge in [0.1, 0.15) is 0 Å². The van der Waals surface area contributed by atoms with Crippen molar-refractivity contribution >= 4 is 33.1 Å². The number of azide groups is 1. The van der Waals surface area contributed by atoms with Crippen molar-refractivity contribution in [3.05, 3.63) is 94.4 Å². The number of hydrogen-bond acceptors (Lipinski definition) is 11. The Morgan fingerprint density at radius 3 is 1.98 bits per heavy atom. The number of carbonyl (C=O) groups is 1. The number of ether oxygens (including phenoxy) is 3. The smallest absolute Gasteiger partial charge is 0.297 e. The Balaban J connectivity index is 1.34. The molecule has 14 nitrogen and oxygen atoms in total. The largest absolute Gasteiger partial charge is 0.379 e. The van der Waals surface area contributed by atoms with Crippen LogP contribution in [-0.2, 0) is 28.5 Å². The van der Waals surface area contributed by atoms with Crippen LogP contribution in [0.5, 0.6) is 0 Å². The molecule has 1 N–H and O–H groups in total. The molecule has 0 aromatic heterocycles. The predicted octanol–water partition coefficient (Wildman–Crippen LogP) is 5.73. The van der Waals surface area contributed by atoms with Gasteiger partial charge in [-0.25, -0.2) is 0 Å². The highest BCUT2D eigenvalue weighted by atomic mass is 32.2. The number of likely N-dealkylation sites (N-methyl/N-ethyl adjacent to an activating group) is 1. The fraction of sp³-hybridized carbons (Fsp3) is 0.406. The number of hydrogen-bond donors (Lipinski definition) is 1. The maximum atomic E-state index is 12.5. The van der Waals surface area contributed by atoms with Crippen molar-refractivity contribution < 1.29 is 31.6 Å². The van der Waals surface area contributed by atoms with Crippen LogP contribution in [-0.4, -0.2) is 86.8 Å². The second kappa shape index (κ2) is 20.7. The van der Waals surface area contributed by atoms with Gasteiger partial charge in [0.2, 0.25) is 0 Å². The van der Waals surface area contributed by atoms with E-state index in [-0.39, 0.29) is 17.4 Å². The summed E-state index contributed by atoms with van der Waals surface area (Å²) in [6.07, 6.45) is 0. The molecule has 0 aliphatic carbocycles. The number of amides is 1. The van der Waals surface area contributed by atoms with Crippen LogP contribution in [0, 0.1) is 6.92 Å². The standard InChI is InChI=1S/C32H41N7O7S/c1-3-39(18-21-46-47(41,42)31-14-4-26(2)5-15-31)30-12-10-29(11-13-30)37-36-28-8-6-27(7-9-28)32(40)34-16-19-43-22-24-45-25-23-44-20-17-35-38-33/h4-15H,3,16-25H2,1-2H3,(H,34,40). The molecule has 0 bridgehead atoms. The molecule has 0 unspecified atom stereocenters. The summed E-state index contributed by atoms with van der Waals surface area (Å²) in [5, 5.41) is 14.7. The van der Waals surface area contributed by atoms with E-state index in [1.165, 1.54) is 0 Å². The normalized spacial score (nSPS) is 11.4. The lowest BCUT2D eigenvalue weighted by Gasteiger charge is -2.22. The third-order valence-electron chi connectivity index (χ3n) is 6.59. The van der Waals surface area contributed by atoms with Crippen LogP contribution < -0.4 is 10.2 Å². The predicted molar refractivity (Wildman–Crippen MR) is 178 cm³/mol. The van der Waals surface area contributed by atoms with Gasteiger partial charge in [-0.05, 0) is 80.0 Å². The molecule has 15 heteroatoms. The van der Waals surface area contributed by atoms with Gasteiger partial charge >= 0.3 is 0 Å². The molecule has 0 saturated heterocycles. The molecular formula is C32H41N7O7S. The number of carbonyl (C=O) groups excluding carboxylic acids is 1. The number of anilines is 1. The zero-order valence-electron chi connectivity index (χ0n) is 26.7. The summed E-state index contributed by atoms with van der Waals surface area (Å²) in [7, 11) is -3.82. The molecule has 3 aromatic rings. The first-order valence-electron chi connectivity index (χ1n) is 15.2. The topological polar surface area (TPSA) is 177 Å². The molecule has 3 aromatic carbocycles. The summed E-state index contributed by atoms with van der Waals surface area (Å²) >= 11 is 0. The van der Waals surface area contributed by atoms with Crippen molar-refractivity contribution in [1.82, 2.24) is 5.32 Å². The van der Waals surface area contributed by atoms with Crippen LogP contribution in [0.1, 0.15) is 22.8 Å². The van der Waals surface area contributed by atoms with E-state index in [1.54, 1.807) is 48.5 Å². The zero-order chi connectivity index (χ0) is 33.7. The van der Waals surface area contributed by atoms with Crippen LogP contribution in [0.4, 0.5) is 17.1 Å². The fourth-order valence-electron chi connectivity index (χ4n) is 4.06. The molecule has 0 aliphatic heterocycles. The average Bonchev–Trinajstić information content (AvgIpc) is 3.08. The van der Waals surface area contributed by atoms with E-state index < -0.39 is 10.1 Å². The average molecular weight is 668 g/mol. The monoisotopic (exact) mass is 667 g/mol. The van der Waals surface area contributed by atoms with Gasteiger partial charge in [-0.1, -0.05) is 22.8 Å². The number of nitrogens with one attached hydrogen (secondary N) is 1. The molecule has 47 heavy (non-hydrogen) atoms. The Morgan fingerprint density at radius 2 is 1.38 bits per heavy atom. The van der Waals surface area contributed by atoms with Crippen molar-refractivity contribution in [3.8, 4) is 0 Å². The van der Waals surface area contributed by atoms with E-state index in [4.69, 9.17) is 23.9 Å². The molecule has 0 radical (unpaired) electrons. The Kier molecular flexibility index (Phi) is 16.3. The van der Waals surface area contributed by atoms with Gasteiger partial charge in [0.25, 0.3) is 16.0 Å². The van der Waals surface area contributed by atoms with Gasteiger partial charge in [-0.15, -0.1) is 0 Å². The van der Waals surface area contributed by atoms with E-state index in [9.17, 15) is 13.2 Å². The molecule has 252 valence electrons. The van der Waals surface area contributed by atoms with Crippen LogP contribution in [0.25, 0.3) is 10.4 Å². The Bertz CT molecular complexity index is 1550. The van der Waals surface area contributed by atoms with Crippen molar-refractivity contribution in [1.29, 1.82) is 0 Å². The summed E-state index contributed by atoms with van der Waals surface area (Å²) in [5.41, 5.74) is 11.8. The maximum Gasteiger partial charge on any atom is 0.297 e. The number of benzene rings is 3. The van der Waals surface area contributed by atoms with Crippen LogP contribution in [0.3, 0.4) is 0 Å². The first-order valence-corrected chi connectivity index (χ1v) is 16.6. The number of azo groups is 1. The van der Waals surface area contributed by atoms with E-state index in [1.807, 2.05) is 43.0 Å². The lowest BCUT2D eigenvalue weighted by atomic mass is 10.2.